The Bertz CT molecular complexity index is 683. The van der Waals surface area contributed by atoms with Crippen LogP contribution < -0.4 is 5.69 Å². The minimum atomic E-state index is -4.46. The van der Waals surface area contributed by atoms with Crippen molar-refractivity contribution in [2.24, 2.45) is 0 Å². The summed E-state index contributed by atoms with van der Waals surface area (Å²) in [6.45, 7) is 0. The minimum absolute atomic E-state index is 0.0292. The average Bonchev–Trinajstić information content (AvgIpc) is 2.74. The van der Waals surface area contributed by atoms with Gasteiger partial charge in [0.25, 0.3) is 0 Å². The molecule has 20 heavy (non-hydrogen) atoms. The van der Waals surface area contributed by atoms with Gasteiger partial charge in [-0.25, -0.2) is 4.79 Å². The SMILES string of the molecule is O=c1[nH]c2c(C(F)(F)F)cccc2n1C1CCCSC1. The maximum atomic E-state index is 13.0. The smallest absolute Gasteiger partial charge is 0.305 e. The van der Waals surface area contributed by atoms with Crippen LogP contribution in [0.3, 0.4) is 0 Å². The van der Waals surface area contributed by atoms with Crippen molar-refractivity contribution in [1.29, 1.82) is 0 Å². The number of thioether (sulfide) groups is 1. The zero-order chi connectivity index (χ0) is 14.3. The molecule has 1 unspecified atom stereocenters. The van der Waals surface area contributed by atoms with Crippen LogP contribution in [0, 0.1) is 0 Å². The minimum Gasteiger partial charge on any atom is -0.305 e. The second kappa shape index (κ2) is 4.87. The number of hydrogen-bond donors (Lipinski definition) is 1. The van der Waals surface area contributed by atoms with E-state index >= 15 is 0 Å². The Kier molecular flexibility index (Phi) is 3.32. The van der Waals surface area contributed by atoms with Crippen LogP contribution in [0.15, 0.2) is 23.0 Å². The van der Waals surface area contributed by atoms with Crippen molar-refractivity contribution in [2.45, 2.75) is 25.1 Å². The predicted molar refractivity (Wildman–Crippen MR) is 73.2 cm³/mol. The molecule has 1 aliphatic rings. The number of nitrogens with zero attached hydrogens (tertiary/aromatic N) is 1. The lowest BCUT2D eigenvalue weighted by Crippen LogP contribution is -2.25. The van der Waals surface area contributed by atoms with Crippen LogP contribution >= 0.6 is 11.8 Å². The van der Waals surface area contributed by atoms with Crippen LogP contribution in [-0.2, 0) is 6.18 Å². The molecule has 0 amide bonds. The fraction of sp³-hybridized carbons (Fsp3) is 0.462. The van der Waals surface area contributed by atoms with Crippen LogP contribution in [-0.4, -0.2) is 21.1 Å². The van der Waals surface area contributed by atoms with Gasteiger partial charge in [0.15, 0.2) is 0 Å². The van der Waals surface area contributed by atoms with E-state index in [0.29, 0.717) is 5.52 Å². The number of fused-ring (bicyclic) bond motifs is 1. The van der Waals surface area contributed by atoms with Gasteiger partial charge in [-0.1, -0.05) is 6.07 Å². The van der Waals surface area contributed by atoms with Gasteiger partial charge >= 0.3 is 11.9 Å². The van der Waals surface area contributed by atoms with E-state index < -0.39 is 17.4 Å². The fourth-order valence-corrected chi connectivity index (χ4v) is 3.80. The highest BCUT2D eigenvalue weighted by atomic mass is 32.2. The number of halogens is 3. The van der Waals surface area contributed by atoms with Crippen LogP contribution in [0.1, 0.15) is 24.4 Å². The van der Waals surface area contributed by atoms with E-state index in [2.05, 4.69) is 4.98 Å². The third kappa shape index (κ3) is 2.24. The molecule has 1 N–H and O–H groups in total. The van der Waals surface area contributed by atoms with Crippen LogP contribution in [0.4, 0.5) is 13.2 Å². The molecule has 0 spiro atoms. The second-order valence-electron chi connectivity index (χ2n) is 4.87. The Morgan fingerprint density at radius 2 is 2.15 bits per heavy atom. The summed E-state index contributed by atoms with van der Waals surface area (Å²) in [6, 6.07) is 3.89. The highest BCUT2D eigenvalue weighted by Gasteiger charge is 2.34. The molecule has 0 aliphatic carbocycles. The van der Waals surface area contributed by atoms with E-state index in [9.17, 15) is 18.0 Å². The zero-order valence-corrected chi connectivity index (χ0v) is 11.4. The van der Waals surface area contributed by atoms with Crippen molar-refractivity contribution >= 4 is 22.8 Å². The maximum absolute atomic E-state index is 13.0. The number of rotatable bonds is 1. The quantitative estimate of drug-likeness (QED) is 0.876. The maximum Gasteiger partial charge on any atom is 0.418 e. The molecule has 1 aliphatic heterocycles. The van der Waals surface area contributed by atoms with Gasteiger partial charge in [0.2, 0.25) is 0 Å². The van der Waals surface area contributed by atoms with Crippen molar-refractivity contribution in [3.05, 3.63) is 34.2 Å². The van der Waals surface area contributed by atoms with Gasteiger partial charge in [0.05, 0.1) is 16.6 Å². The Morgan fingerprint density at radius 3 is 2.80 bits per heavy atom. The van der Waals surface area contributed by atoms with Crippen LogP contribution in [0.25, 0.3) is 11.0 Å². The Balaban J connectivity index is 2.19. The van der Waals surface area contributed by atoms with Crippen LogP contribution in [0.5, 0.6) is 0 Å². The summed E-state index contributed by atoms with van der Waals surface area (Å²) in [5, 5.41) is 0. The van der Waals surface area contributed by atoms with Crippen molar-refractivity contribution in [3.8, 4) is 0 Å². The largest absolute Gasteiger partial charge is 0.418 e. The number of nitrogens with one attached hydrogen (secondary N) is 1. The summed E-state index contributed by atoms with van der Waals surface area (Å²) >= 11 is 1.73. The molecule has 1 atom stereocenters. The summed E-state index contributed by atoms with van der Waals surface area (Å²) in [4.78, 5) is 14.4. The lowest BCUT2D eigenvalue weighted by Gasteiger charge is -2.22. The highest BCUT2D eigenvalue weighted by Crippen LogP contribution is 2.35. The number of benzene rings is 1. The number of para-hydroxylation sites is 1. The van der Waals surface area contributed by atoms with Gasteiger partial charge in [0.1, 0.15) is 0 Å². The van der Waals surface area contributed by atoms with E-state index in [0.717, 1.165) is 30.4 Å². The number of aromatic nitrogens is 2. The summed E-state index contributed by atoms with van der Waals surface area (Å²) in [5.41, 5.74) is -1.00. The molecule has 0 saturated carbocycles. The third-order valence-electron chi connectivity index (χ3n) is 3.56. The molecule has 1 fully saturated rings. The van der Waals surface area contributed by atoms with Crippen molar-refractivity contribution in [2.75, 3.05) is 11.5 Å². The molecule has 1 aromatic heterocycles. The van der Waals surface area contributed by atoms with Gasteiger partial charge in [-0.3, -0.25) is 4.57 Å². The molecule has 2 heterocycles. The van der Waals surface area contributed by atoms with E-state index in [1.54, 1.807) is 17.8 Å². The molecule has 3 rings (SSSR count). The predicted octanol–water partition coefficient (Wildman–Crippen LogP) is 3.42. The molecule has 3 nitrogen and oxygen atoms in total. The molecular formula is C13H13F3N2OS. The van der Waals surface area contributed by atoms with E-state index in [4.69, 9.17) is 0 Å². The molecular weight excluding hydrogens is 289 g/mol. The third-order valence-corrected chi connectivity index (χ3v) is 4.76. The Morgan fingerprint density at radius 1 is 1.35 bits per heavy atom. The van der Waals surface area contributed by atoms with Gasteiger partial charge in [0, 0.05) is 11.8 Å². The first-order valence-corrected chi connectivity index (χ1v) is 7.52. The van der Waals surface area contributed by atoms with Crippen molar-refractivity contribution in [3.63, 3.8) is 0 Å². The summed E-state index contributed by atoms with van der Waals surface area (Å²) < 4.78 is 40.4. The first-order valence-electron chi connectivity index (χ1n) is 6.36. The first-order chi connectivity index (χ1) is 9.48. The molecule has 108 valence electrons. The number of alkyl halides is 3. The van der Waals surface area contributed by atoms with Crippen molar-refractivity contribution < 1.29 is 13.2 Å². The summed E-state index contributed by atoms with van der Waals surface area (Å²) in [5.74, 6) is 1.81. The molecule has 7 heteroatoms. The Hall–Kier alpha value is -1.37. The van der Waals surface area contributed by atoms with Crippen molar-refractivity contribution in [1.82, 2.24) is 9.55 Å². The normalized spacial score (nSPS) is 20.4. The number of hydrogen-bond acceptors (Lipinski definition) is 2. The number of imidazole rings is 1. The monoisotopic (exact) mass is 302 g/mol. The molecule has 0 bridgehead atoms. The lowest BCUT2D eigenvalue weighted by atomic mass is 10.1. The van der Waals surface area contributed by atoms with E-state index in [-0.39, 0.29) is 11.6 Å². The molecule has 0 radical (unpaired) electrons. The Labute approximate surface area is 117 Å². The highest BCUT2D eigenvalue weighted by molar-refractivity contribution is 7.99. The first kappa shape index (κ1) is 13.6. The summed E-state index contributed by atoms with van der Waals surface area (Å²) in [7, 11) is 0. The van der Waals surface area contributed by atoms with Gasteiger partial charge < -0.3 is 4.98 Å². The van der Waals surface area contributed by atoms with Gasteiger partial charge in [-0.2, -0.15) is 24.9 Å². The molecule has 1 aromatic carbocycles. The molecule has 2 aromatic rings. The van der Waals surface area contributed by atoms with Crippen LogP contribution in [0.2, 0.25) is 0 Å². The van der Waals surface area contributed by atoms with E-state index in [1.807, 2.05) is 0 Å². The standard InChI is InChI=1S/C13H13F3N2OS/c14-13(15,16)9-4-1-5-10-11(9)17-12(19)18(10)8-3-2-6-20-7-8/h1,4-5,8H,2-3,6-7H2,(H,17,19). The number of H-pyrrole nitrogens is 1. The average molecular weight is 302 g/mol. The number of aromatic amines is 1. The second-order valence-corrected chi connectivity index (χ2v) is 6.02. The van der Waals surface area contributed by atoms with E-state index in [1.165, 1.54) is 10.6 Å². The summed E-state index contributed by atoms with van der Waals surface area (Å²) in [6.07, 6.45) is -2.65. The molecule has 1 saturated heterocycles. The topological polar surface area (TPSA) is 37.8 Å². The van der Waals surface area contributed by atoms with Gasteiger partial charge in [-0.15, -0.1) is 0 Å². The zero-order valence-electron chi connectivity index (χ0n) is 10.5. The lowest BCUT2D eigenvalue weighted by molar-refractivity contribution is -0.136. The fourth-order valence-electron chi connectivity index (χ4n) is 2.67. The van der Waals surface area contributed by atoms with Gasteiger partial charge in [-0.05, 0) is 30.7 Å².